The van der Waals surface area contributed by atoms with Crippen LogP contribution in [0.4, 0.5) is 5.82 Å². The topological polar surface area (TPSA) is 98.0 Å². The highest BCUT2D eigenvalue weighted by molar-refractivity contribution is 7.10. The zero-order chi connectivity index (χ0) is 19.4. The van der Waals surface area contributed by atoms with Crippen LogP contribution >= 0.6 is 22.9 Å². The van der Waals surface area contributed by atoms with Gasteiger partial charge in [-0.25, -0.2) is 0 Å². The summed E-state index contributed by atoms with van der Waals surface area (Å²) in [7, 11) is 0. The summed E-state index contributed by atoms with van der Waals surface area (Å²) in [5.41, 5.74) is 1.83. The Labute approximate surface area is 168 Å². The summed E-state index contributed by atoms with van der Waals surface area (Å²) in [5, 5.41) is 21.6. The molecule has 0 amide bonds. The highest BCUT2D eigenvalue weighted by Crippen LogP contribution is 2.48. The molecule has 4 N–H and O–H groups in total. The Morgan fingerprint density at radius 2 is 2.00 bits per heavy atom. The van der Waals surface area contributed by atoms with Gasteiger partial charge in [-0.1, -0.05) is 17.7 Å². The van der Waals surface area contributed by atoms with E-state index >= 15 is 0 Å². The second-order valence-electron chi connectivity index (χ2n) is 7.06. The van der Waals surface area contributed by atoms with Gasteiger partial charge in [-0.3, -0.25) is 19.8 Å². The number of thiophene rings is 1. The molecule has 0 unspecified atom stereocenters. The van der Waals surface area contributed by atoms with Crippen LogP contribution in [-0.4, -0.2) is 21.1 Å². The number of benzene rings is 1. The van der Waals surface area contributed by atoms with E-state index in [0.29, 0.717) is 40.4 Å². The number of carbonyl (C=O) groups excluding carboxylic acids is 1. The summed E-state index contributed by atoms with van der Waals surface area (Å²) < 4.78 is 0. The van der Waals surface area contributed by atoms with E-state index in [0.717, 1.165) is 10.6 Å². The SMILES string of the molecule is O=C1C[C@@H](c2cccs2)CC2=C1[C@@H](c1cc(Cl)ccc1O)c1c([nH][nH]c1=O)N2. The molecule has 0 spiro atoms. The Kier molecular flexibility index (Phi) is 3.96. The van der Waals surface area contributed by atoms with Crippen molar-refractivity contribution in [2.45, 2.75) is 24.7 Å². The molecule has 1 aromatic carbocycles. The Balaban J connectivity index is 1.70. The number of halogens is 1. The lowest BCUT2D eigenvalue weighted by molar-refractivity contribution is -0.116. The van der Waals surface area contributed by atoms with Crippen LogP contribution in [0.25, 0.3) is 0 Å². The largest absolute Gasteiger partial charge is 0.508 e. The highest BCUT2D eigenvalue weighted by atomic mass is 35.5. The summed E-state index contributed by atoms with van der Waals surface area (Å²) in [4.78, 5) is 26.9. The predicted molar refractivity (Wildman–Crippen MR) is 108 cm³/mol. The van der Waals surface area contributed by atoms with Gasteiger partial charge in [0.25, 0.3) is 5.56 Å². The Hall–Kier alpha value is -2.77. The molecular formula is C20H16ClN3O3S. The van der Waals surface area contributed by atoms with E-state index < -0.39 is 5.92 Å². The Bertz CT molecular complexity index is 1180. The van der Waals surface area contributed by atoms with E-state index in [4.69, 9.17) is 11.6 Å². The van der Waals surface area contributed by atoms with E-state index in [1.54, 1.807) is 23.5 Å². The van der Waals surface area contributed by atoms with E-state index in [1.807, 2.05) is 17.5 Å². The first-order chi connectivity index (χ1) is 13.5. The number of phenolic OH excluding ortho intramolecular Hbond substituents is 1. The summed E-state index contributed by atoms with van der Waals surface area (Å²) in [6.45, 7) is 0. The molecule has 0 radical (unpaired) electrons. The maximum atomic E-state index is 13.2. The summed E-state index contributed by atoms with van der Waals surface area (Å²) in [6, 6.07) is 8.71. The molecule has 0 saturated heterocycles. The van der Waals surface area contributed by atoms with Crippen LogP contribution in [0.2, 0.25) is 5.02 Å². The van der Waals surface area contributed by atoms with Crippen LogP contribution in [-0.2, 0) is 4.79 Å². The van der Waals surface area contributed by atoms with Crippen LogP contribution in [0.15, 0.2) is 51.8 Å². The number of nitrogens with one attached hydrogen (secondary N) is 3. The van der Waals surface area contributed by atoms with Gasteiger partial charge in [0.1, 0.15) is 11.6 Å². The van der Waals surface area contributed by atoms with Gasteiger partial charge >= 0.3 is 0 Å². The number of aromatic nitrogens is 2. The third kappa shape index (κ3) is 2.62. The molecular weight excluding hydrogens is 398 g/mol. The fraction of sp³-hybridized carbons (Fsp3) is 0.200. The van der Waals surface area contributed by atoms with Crippen molar-refractivity contribution >= 4 is 34.5 Å². The fourth-order valence-corrected chi connectivity index (χ4v) is 5.22. The molecule has 0 saturated carbocycles. The molecule has 142 valence electrons. The lowest BCUT2D eigenvalue weighted by Gasteiger charge is -2.34. The molecule has 1 aliphatic carbocycles. The van der Waals surface area contributed by atoms with Gasteiger partial charge in [0.2, 0.25) is 0 Å². The van der Waals surface area contributed by atoms with Crippen molar-refractivity contribution in [2.24, 2.45) is 0 Å². The monoisotopic (exact) mass is 413 g/mol. The predicted octanol–water partition coefficient (Wildman–Crippen LogP) is 4.08. The number of anilines is 1. The van der Waals surface area contributed by atoms with Gasteiger partial charge in [-0.15, -0.1) is 11.3 Å². The molecule has 28 heavy (non-hydrogen) atoms. The quantitative estimate of drug-likeness (QED) is 0.508. The van der Waals surface area contributed by atoms with Crippen molar-refractivity contribution in [1.29, 1.82) is 0 Å². The summed E-state index contributed by atoms with van der Waals surface area (Å²) >= 11 is 7.80. The number of hydrogen-bond acceptors (Lipinski definition) is 5. The van der Waals surface area contributed by atoms with E-state index in [9.17, 15) is 14.7 Å². The van der Waals surface area contributed by atoms with Gasteiger partial charge < -0.3 is 10.4 Å². The number of phenols is 1. The van der Waals surface area contributed by atoms with Crippen molar-refractivity contribution in [3.8, 4) is 5.75 Å². The number of hydrogen-bond donors (Lipinski definition) is 4. The number of Topliss-reactive ketones (excluding diaryl/α,β-unsaturated/α-hetero) is 1. The number of allylic oxidation sites excluding steroid dienone is 2. The maximum absolute atomic E-state index is 13.2. The normalized spacial score (nSPS) is 21.2. The second kappa shape index (κ2) is 6.39. The zero-order valence-electron chi connectivity index (χ0n) is 14.6. The molecule has 2 aliphatic rings. The van der Waals surface area contributed by atoms with Crippen molar-refractivity contribution in [2.75, 3.05) is 5.32 Å². The number of H-pyrrole nitrogens is 2. The molecule has 5 rings (SSSR count). The van der Waals surface area contributed by atoms with Crippen molar-refractivity contribution < 1.29 is 9.90 Å². The van der Waals surface area contributed by atoms with Gasteiger partial charge in [0, 0.05) is 39.1 Å². The van der Waals surface area contributed by atoms with Crippen LogP contribution in [0.5, 0.6) is 5.75 Å². The number of ketones is 1. The van der Waals surface area contributed by atoms with E-state index in [2.05, 4.69) is 15.5 Å². The average Bonchev–Trinajstić information content (AvgIpc) is 3.33. The Morgan fingerprint density at radius 1 is 1.14 bits per heavy atom. The lowest BCUT2D eigenvalue weighted by atomic mass is 9.73. The molecule has 2 aromatic heterocycles. The maximum Gasteiger partial charge on any atom is 0.270 e. The fourth-order valence-electron chi connectivity index (χ4n) is 4.21. The third-order valence-electron chi connectivity index (χ3n) is 5.42. The first-order valence-corrected chi connectivity index (χ1v) is 10.1. The number of aromatic hydroxyl groups is 1. The van der Waals surface area contributed by atoms with Crippen molar-refractivity contribution in [3.05, 3.63) is 78.4 Å². The molecule has 0 fully saturated rings. The summed E-state index contributed by atoms with van der Waals surface area (Å²) in [5.74, 6) is -0.0743. The van der Waals surface area contributed by atoms with Crippen LogP contribution < -0.4 is 10.9 Å². The molecule has 1 aliphatic heterocycles. The Morgan fingerprint density at radius 3 is 2.79 bits per heavy atom. The van der Waals surface area contributed by atoms with Crippen LogP contribution in [0.1, 0.15) is 40.7 Å². The van der Waals surface area contributed by atoms with Crippen molar-refractivity contribution in [3.63, 3.8) is 0 Å². The first kappa shape index (κ1) is 17.3. The zero-order valence-corrected chi connectivity index (χ0v) is 16.2. The minimum absolute atomic E-state index is 0.00267. The number of rotatable bonds is 2. The summed E-state index contributed by atoms with van der Waals surface area (Å²) in [6.07, 6.45) is 1.03. The number of aromatic amines is 2. The standard InChI is InChI=1S/C20H16ClN3O3S/c21-10-3-4-13(25)11(8-10)16-17-12(22-19-18(16)20(27)24-23-19)6-9(7-14(17)26)15-2-1-5-28-15/h1-5,8-9,16,25H,6-7H2,(H3,22,23,24,27)/t9-,16+/m0/s1. The first-order valence-electron chi connectivity index (χ1n) is 8.88. The van der Waals surface area contributed by atoms with E-state index in [-0.39, 0.29) is 23.0 Å². The van der Waals surface area contributed by atoms with Gasteiger partial charge in [0.05, 0.1) is 11.5 Å². The van der Waals surface area contributed by atoms with Crippen LogP contribution in [0, 0.1) is 0 Å². The minimum Gasteiger partial charge on any atom is -0.508 e. The lowest BCUT2D eigenvalue weighted by Crippen LogP contribution is -2.31. The average molecular weight is 414 g/mol. The molecule has 2 atom stereocenters. The number of fused-ring (bicyclic) bond motifs is 1. The minimum atomic E-state index is -0.670. The van der Waals surface area contributed by atoms with E-state index in [1.165, 1.54) is 6.07 Å². The smallest absolute Gasteiger partial charge is 0.270 e. The molecule has 0 bridgehead atoms. The third-order valence-corrected chi connectivity index (χ3v) is 6.69. The molecule has 8 heteroatoms. The highest BCUT2D eigenvalue weighted by Gasteiger charge is 2.41. The van der Waals surface area contributed by atoms with Gasteiger partial charge in [0.15, 0.2) is 5.78 Å². The molecule has 6 nitrogen and oxygen atoms in total. The molecule has 3 aromatic rings. The van der Waals surface area contributed by atoms with Crippen LogP contribution in [0.3, 0.4) is 0 Å². The second-order valence-corrected chi connectivity index (χ2v) is 8.48. The van der Waals surface area contributed by atoms with Gasteiger partial charge in [-0.05, 0) is 36.1 Å². The van der Waals surface area contributed by atoms with Gasteiger partial charge in [-0.2, -0.15) is 0 Å². The van der Waals surface area contributed by atoms with Crippen molar-refractivity contribution in [1.82, 2.24) is 10.2 Å². The number of carbonyl (C=O) groups is 1. The molecule has 3 heterocycles.